The third kappa shape index (κ3) is 2.05. The van der Waals surface area contributed by atoms with Crippen molar-refractivity contribution in [3.05, 3.63) is 23.3 Å². The Kier molecular flexibility index (Phi) is 2.89. The van der Waals surface area contributed by atoms with E-state index in [-0.39, 0.29) is 0 Å². The normalized spacial score (nSPS) is 26.5. The molecular formula is C15H23N3. The summed E-state index contributed by atoms with van der Waals surface area (Å²) in [7, 11) is 2.04. The molecule has 1 atom stereocenters. The summed E-state index contributed by atoms with van der Waals surface area (Å²) in [5, 5.41) is 3.41. The first-order valence-corrected chi connectivity index (χ1v) is 7.12. The number of hydrogen-bond donors (Lipinski definition) is 1. The van der Waals surface area contributed by atoms with E-state index < -0.39 is 0 Å². The molecule has 0 amide bonds. The molecule has 1 aromatic heterocycles. The van der Waals surface area contributed by atoms with E-state index >= 15 is 0 Å². The summed E-state index contributed by atoms with van der Waals surface area (Å²) in [6.45, 7) is 4.68. The van der Waals surface area contributed by atoms with Crippen molar-refractivity contribution >= 4 is 0 Å². The van der Waals surface area contributed by atoms with E-state index in [1.165, 1.54) is 36.9 Å². The van der Waals surface area contributed by atoms with Crippen molar-refractivity contribution in [3.8, 4) is 0 Å². The molecule has 18 heavy (non-hydrogen) atoms. The molecule has 1 unspecified atom stereocenters. The van der Waals surface area contributed by atoms with E-state index in [4.69, 9.17) is 4.98 Å². The highest BCUT2D eigenvalue weighted by molar-refractivity contribution is 5.27. The number of nitrogens with zero attached hydrogens (tertiary/aromatic N) is 2. The van der Waals surface area contributed by atoms with Crippen LogP contribution in [0.1, 0.15) is 68.6 Å². The van der Waals surface area contributed by atoms with E-state index in [2.05, 4.69) is 30.3 Å². The van der Waals surface area contributed by atoms with E-state index in [0.717, 1.165) is 12.2 Å². The van der Waals surface area contributed by atoms with Crippen LogP contribution in [0.25, 0.3) is 0 Å². The molecule has 0 radical (unpaired) electrons. The zero-order valence-electron chi connectivity index (χ0n) is 11.7. The summed E-state index contributed by atoms with van der Waals surface area (Å²) in [6, 6.07) is 0.416. The van der Waals surface area contributed by atoms with Gasteiger partial charge < -0.3 is 5.32 Å². The Bertz CT molecular complexity index is 449. The maximum atomic E-state index is 4.88. The van der Waals surface area contributed by atoms with Crippen molar-refractivity contribution in [1.29, 1.82) is 0 Å². The van der Waals surface area contributed by atoms with Gasteiger partial charge in [0.2, 0.25) is 0 Å². The molecule has 98 valence electrons. The maximum Gasteiger partial charge on any atom is 0.131 e. The second-order valence-corrected chi connectivity index (χ2v) is 6.64. The fourth-order valence-electron chi connectivity index (χ4n) is 3.18. The molecule has 0 aliphatic heterocycles. The van der Waals surface area contributed by atoms with Crippen LogP contribution in [0.4, 0.5) is 0 Å². The molecule has 3 rings (SSSR count). The lowest BCUT2D eigenvalue weighted by Crippen LogP contribution is -2.33. The second kappa shape index (κ2) is 4.30. The highest BCUT2D eigenvalue weighted by atomic mass is 14.9. The van der Waals surface area contributed by atoms with Crippen LogP contribution in [0.2, 0.25) is 0 Å². The lowest BCUT2D eigenvalue weighted by Gasteiger charge is -2.36. The van der Waals surface area contributed by atoms with Gasteiger partial charge in [0.05, 0.1) is 0 Å². The molecule has 0 bridgehead atoms. The fourth-order valence-corrected chi connectivity index (χ4v) is 3.18. The monoisotopic (exact) mass is 245 g/mol. The molecule has 0 saturated heterocycles. The van der Waals surface area contributed by atoms with Crippen LogP contribution >= 0.6 is 0 Å². The van der Waals surface area contributed by atoms with Gasteiger partial charge >= 0.3 is 0 Å². The Labute approximate surface area is 109 Å². The average Bonchev–Trinajstić information content (AvgIpc) is 2.23. The molecule has 2 aliphatic rings. The molecule has 0 aromatic carbocycles. The minimum Gasteiger partial charge on any atom is -0.313 e. The van der Waals surface area contributed by atoms with Crippen LogP contribution in [-0.4, -0.2) is 17.0 Å². The van der Waals surface area contributed by atoms with Gasteiger partial charge in [0.15, 0.2) is 0 Å². The van der Waals surface area contributed by atoms with Crippen molar-refractivity contribution in [2.24, 2.45) is 5.41 Å². The van der Waals surface area contributed by atoms with Crippen LogP contribution in [-0.2, 0) is 6.42 Å². The van der Waals surface area contributed by atoms with Crippen LogP contribution in [0.3, 0.4) is 0 Å². The van der Waals surface area contributed by atoms with Gasteiger partial charge in [-0.2, -0.15) is 0 Å². The Hall–Kier alpha value is -0.960. The zero-order valence-corrected chi connectivity index (χ0v) is 11.7. The van der Waals surface area contributed by atoms with E-state index in [1.54, 1.807) is 0 Å². The number of rotatable bonds is 2. The Balaban J connectivity index is 1.96. The Morgan fingerprint density at radius 2 is 2.11 bits per heavy atom. The highest BCUT2D eigenvalue weighted by Gasteiger charge is 2.33. The predicted octanol–water partition coefficient (Wildman–Crippen LogP) is 2.98. The summed E-state index contributed by atoms with van der Waals surface area (Å²) in [6.07, 6.45) is 8.22. The van der Waals surface area contributed by atoms with Crippen molar-refractivity contribution < 1.29 is 0 Å². The third-order valence-corrected chi connectivity index (χ3v) is 4.52. The van der Waals surface area contributed by atoms with Crippen LogP contribution < -0.4 is 5.32 Å². The van der Waals surface area contributed by atoms with Gasteiger partial charge in [0, 0.05) is 29.4 Å². The number of hydrogen-bond acceptors (Lipinski definition) is 3. The standard InChI is InChI=1S/C15H23N3/c1-15(2)7-12(16-3)11-9-17-14(10-5-4-6-10)18-13(11)8-15/h9-10,12,16H,4-8H2,1-3H3. The minimum atomic E-state index is 0.339. The molecule has 1 N–H and O–H groups in total. The minimum absolute atomic E-state index is 0.339. The summed E-state index contributed by atoms with van der Waals surface area (Å²) >= 11 is 0. The molecule has 3 nitrogen and oxygen atoms in total. The smallest absolute Gasteiger partial charge is 0.131 e. The topological polar surface area (TPSA) is 37.8 Å². The first-order valence-electron chi connectivity index (χ1n) is 7.12. The van der Waals surface area contributed by atoms with Gasteiger partial charge in [-0.25, -0.2) is 9.97 Å². The molecule has 1 saturated carbocycles. The highest BCUT2D eigenvalue weighted by Crippen LogP contribution is 2.41. The summed E-state index contributed by atoms with van der Waals surface area (Å²) in [5.74, 6) is 1.72. The molecule has 3 heteroatoms. The van der Waals surface area contributed by atoms with E-state index in [9.17, 15) is 0 Å². The number of aromatic nitrogens is 2. The first kappa shape index (κ1) is 12.1. The molecule has 2 aliphatic carbocycles. The summed E-state index contributed by atoms with van der Waals surface area (Å²) < 4.78 is 0. The third-order valence-electron chi connectivity index (χ3n) is 4.52. The van der Waals surface area contributed by atoms with Gasteiger partial charge in [-0.15, -0.1) is 0 Å². The maximum absolute atomic E-state index is 4.88. The van der Waals surface area contributed by atoms with Gasteiger partial charge in [-0.05, 0) is 38.1 Å². The molecule has 1 heterocycles. The van der Waals surface area contributed by atoms with Gasteiger partial charge in [-0.3, -0.25) is 0 Å². The fraction of sp³-hybridized carbons (Fsp3) is 0.733. The van der Waals surface area contributed by atoms with Crippen LogP contribution in [0.5, 0.6) is 0 Å². The number of fused-ring (bicyclic) bond motifs is 1. The predicted molar refractivity (Wildman–Crippen MR) is 72.5 cm³/mol. The van der Waals surface area contributed by atoms with Crippen molar-refractivity contribution in [2.75, 3.05) is 7.05 Å². The van der Waals surface area contributed by atoms with E-state index in [1.807, 2.05) is 7.05 Å². The molecular weight excluding hydrogens is 222 g/mol. The van der Waals surface area contributed by atoms with Crippen molar-refractivity contribution in [3.63, 3.8) is 0 Å². The summed E-state index contributed by atoms with van der Waals surface area (Å²) in [5.41, 5.74) is 2.94. The molecule has 1 aromatic rings. The van der Waals surface area contributed by atoms with Crippen LogP contribution in [0, 0.1) is 5.41 Å². The van der Waals surface area contributed by atoms with Crippen molar-refractivity contribution in [1.82, 2.24) is 15.3 Å². The molecule has 1 fully saturated rings. The second-order valence-electron chi connectivity index (χ2n) is 6.64. The van der Waals surface area contributed by atoms with Gasteiger partial charge in [0.25, 0.3) is 0 Å². The summed E-state index contributed by atoms with van der Waals surface area (Å²) in [4.78, 5) is 9.49. The average molecular weight is 245 g/mol. The zero-order chi connectivity index (χ0) is 12.8. The quantitative estimate of drug-likeness (QED) is 0.870. The lowest BCUT2D eigenvalue weighted by molar-refractivity contribution is 0.258. The Morgan fingerprint density at radius 1 is 1.33 bits per heavy atom. The lowest BCUT2D eigenvalue weighted by atomic mass is 9.74. The number of nitrogens with one attached hydrogen (secondary N) is 1. The SMILES string of the molecule is CNC1CC(C)(C)Cc2nc(C3CCC3)ncc21. The first-order chi connectivity index (χ1) is 8.59. The van der Waals surface area contributed by atoms with Crippen LogP contribution in [0.15, 0.2) is 6.20 Å². The van der Waals surface area contributed by atoms with Gasteiger partial charge in [0.1, 0.15) is 5.82 Å². The Morgan fingerprint density at radius 3 is 2.72 bits per heavy atom. The molecule has 0 spiro atoms. The van der Waals surface area contributed by atoms with Crippen molar-refractivity contribution in [2.45, 2.75) is 57.9 Å². The van der Waals surface area contributed by atoms with E-state index in [0.29, 0.717) is 17.4 Å². The largest absolute Gasteiger partial charge is 0.313 e. The van der Waals surface area contributed by atoms with Gasteiger partial charge in [-0.1, -0.05) is 20.3 Å².